The van der Waals surface area contributed by atoms with E-state index < -0.39 is 0 Å². The predicted molar refractivity (Wildman–Crippen MR) is 101 cm³/mol. The third-order valence-corrected chi connectivity index (χ3v) is 4.52. The largest absolute Gasteiger partial charge is 0.493 e. The molecule has 0 unspecified atom stereocenters. The van der Waals surface area contributed by atoms with Crippen LogP contribution in [0.3, 0.4) is 0 Å². The second kappa shape index (κ2) is 6.13. The number of hydrogen-bond acceptors (Lipinski definition) is 2. The quantitative estimate of drug-likeness (QED) is 0.557. The smallest absolute Gasteiger partial charge is 0.268 e. The van der Waals surface area contributed by atoms with E-state index in [1.54, 1.807) is 4.40 Å². The first-order valence-corrected chi connectivity index (χ1v) is 8.61. The van der Waals surface area contributed by atoms with E-state index in [1.165, 1.54) is 0 Å². The van der Waals surface area contributed by atoms with Crippen LogP contribution in [0.5, 0.6) is 5.75 Å². The molecule has 0 fully saturated rings. The van der Waals surface area contributed by atoms with Crippen molar-refractivity contribution < 1.29 is 4.74 Å². The van der Waals surface area contributed by atoms with E-state index in [0.29, 0.717) is 17.9 Å². The Labute approximate surface area is 145 Å². The van der Waals surface area contributed by atoms with E-state index in [9.17, 15) is 4.79 Å². The molecule has 0 bridgehead atoms. The molecule has 25 heavy (non-hydrogen) atoms. The fourth-order valence-corrected chi connectivity index (χ4v) is 3.48. The summed E-state index contributed by atoms with van der Waals surface area (Å²) in [7, 11) is 0. The lowest BCUT2D eigenvalue weighted by atomic mass is 10.1. The highest BCUT2D eigenvalue weighted by molar-refractivity contribution is 5.84. The Morgan fingerprint density at radius 2 is 1.60 bits per heavy atom. The first-order valence-electron chi connectivity index (χ1n) is 8.61. The van der Waals surface area contributed by atoms with Crippen molar-refractivity contribution in [2.75, 3.05) is 6.61 Å². The van der Waals surface area contributed by atoms with Crippen molar-refractivity contribution in [1.29, 1.82) is 0 Å². The van der Waals surface area contributed by atoms with E-state index in [0.717, 1.165) is 28.8 Å². The Hall–Kier alpha value is -3.01. The molecule has 0 radical (unpaired) electrons. The molecule has 0 aliphatic carbocycles. The Balaban J connectivity index is 2.19. The van der Waals surface area contributed by atoms with Gasteiger partial charge in [-0.2, -0.15) is 0 Å². The molecule has 0 aliphatic rings. The minimum Gasteiger partial charge on any atom is -0.493 e. The summed E-state index contributed by atoms with van der Waals surface area (Å²) in [6.07, 6.45) is 0. The van der Waals surface area contributed by atoms with Gasteiger partial charge in [0.25, 0.3) is 5.56 Å². The van der Waals surface area contributed by atoms with Crippen LogP contribution in [0, 0.1) is 0 Å². The molecule has 4 nitrogen and oxygen atoms in total. The second-order valence-electron chi connectivity index (χ2n) is 5.91. The van der Waals surface area contributed by atoms with Crippen molar-refractivity contribution in [3.8, 4) is 16.9 Å². The molecule has 126 valence electrons. The summed E-state index contributed by atoms with van der Waals surface area (Å²) in [5, 5.41) is 0. The van der Waals surface area contributed by atoms with Crippen molar-refractivity contribution in [1.82, 2.24) is 8.97 Å². The van der Waals surface area contributed by atoms with Crippen LogP contribution in [-0.4, -0.2) is 15.6 Å². The first kappa shape index (κ1) is 15.5. The molecule has 0 N–H and O–H groups in total. The average Bonchev–Trinajstić information content (AvgIpc) is 2.96. The Kier molecular flexibility index (Phi) is 3.80. The summed E-state index contributed by atoms with van der Waals surface area (Å²) in [6.45, 7) is 5.32. The molecule has 4 aromatic rings. The number of benzene rings is 2. The molecule has 0 aliphatic heterocycles. The highest BCUT2D eigenvalue weighted by Gasteiger charge is 2.19. The summed E-state index contributed by atoms with van der Waals surface area (Å²) >= 11 is 0. The van der Waals surface area contributed by atoms with Gasteiger partial charge in [-0.3, -0.25) is 9.20 Å². The van der Waals surface area contributed by atoms with E-state index in [-0.39, 0.29) is 5.56 Å². The fourth-order valence-electron chi connectivity index (χ4n) is 3.48. The zero-order valence-electron chi connectivity index (χ0n) is 14.4. The number of aryl methyl sites for hydroxylation is 1. The molecule has 0 spiro atoms. The molecule has 0 atom stereocenters. The van der Waals surface area contributed by atoms with Crippen LogP contribution >= 0.6 is 0 Å². The van der Waals surface area contributed by atoms with Crippen LogP contribution < -0.4 is 10.3 Å². The normalized spacial score (nSPS) is 11.3. The number of aromatic nitrogens is 2. The van der Waals surface area contributed by atoms with Crippen molar-refractivity contribution >= 4 is 16.7 Å². The minimum atomic E-state index is -0.0458. The van der Waals surface area contributed by atoms with Gasteiger partial charge < -0.3 is 9.30 Å². The summed E-state index contributed by atoms with van der Waals surface area (Å²) in [4.78, 5) is 13.4. The van der Waals surface area contributed by atoms with Crippen LogP contribution in [0.1, 0.15) is 13.8 Å². The molecule has 4 rings (SSSR count). The van der Waals surface area contributed by atoms with E-state index in [2.05, 4.69) is 11.5 Å². The summed E-state index contributed by atoms with van der Waals surface area (Å²) < 4.78 is 9.79. The SMILES string of the molecule is CCOc1cc2n(CC)c3ccccc3n2c(=O)c1-c1ccccc1. The Morgan fingerprint density at radius 3 is 2.28 bits per heavy atom. The lowest BCUT2D eigenvalue weighted by molar-refractivity contribution is 0.341. The monoisotopic (exact) mass is 332 g/mol. The van der Waals surface area contributed by atoms with E-state index >= 15 is 0 Å². The number of rotatable bonds is 4. The van der Waals surface area contributed by atoms with Crippen LogP contribution in [0.2, 0.25) is 0 Å². The molecule has 0 saturated heterocycles. The molecular weight excluding hydrogens is 312 g/mol. The number of ether oxygens (including phenoxy) is 1. The zero-order chi connectivity index (χ0) is 17.4. The van der Waals surface area contributed by atoms with Crippen molar-refractivity contribution in [2.24, 2.45) is 0 Å². The van der Waals surface area contributed by atoms with Crippen molar-refractivity contribution in [3.05, 3.63) is 71.0 Å². The van der Waals surface area contributed by atoms with Gasteiger partial charge in [-0.05, 0) is 31.5 Å². The molecule has 2 aromatic heterocycles. The van der Waals surface area contributed by atoms with Gasteiger partial charge in [0.05, 0.1) is 23.2 Å². The Bertz CT molecular complexity index is 1110. The van der Waals surface area contributed by atoms with Gasteiger partial charge in [0.1, 0.15) is 11.4 Å². The zero-order valence-corrected chi connectivity index (χ0v) is 14.4. The molecular formula is C21H20N2O2. The number of fused-ring (bicyclic) bond motifs is 3. The third-order valence-electron chi connectivity index (χ3n) is 4.52. The minimum absolute atomic E-state index is 0.0458. The summed E-state index contributed by atoms with van der Waals surface area (Å²) in [5.41, 5.74) is 4.27. The predicted octanol–water partition coefficient (Wildman–Crippen LogP) is 4.34. The molecule has 2 aromatic carbocycles. The second-order valence-corrected chi connectivity index (χ2v) is 5.91. The summed E-state index contributed by atoms with van der Waals surface area (Å²) in [5.74, 6) is 0.635. The molecule has 0 amide bonds. The van der Waals surface area contributed by atoms with Crippen molar-refractivity contribution in [2.45, 2.75) is 20.4 Å². The van der Waals surface area contributed by atoms with Gasteiger partial charge in [-0.1, -0.05) is 42.5 Å². The number of imidazole rings is 1. The first-order chi connectivity index (χ1) is 12.3. The highest BCUT2D eigenvalue weighted by atomic mass is 16.5. The molecule has 4 heteroatoms. The standard InChI is InChI=1S/C21H20N2O2/c1-3-22-16-12-8-9-13-17(16)23-19(22)14-18(25-4-2)20(21(23)24)15-10-6-5-7-11-15/h5-14H,3-4H2,1-2H3. The lowest BCUT2D eigenvalue weighted by Crippen LogP contribution is -2.17. The van der Waals surface area contributed by atoms with E-state index in [1.807, 2.05) is 67.6 Å². The van der Waals surface area contributed by atoms with Crippen molar-refractivity contribution in [3.63, 3.8) is 0 Å². The Morgan fingerprint density at radius 1 is 0.920 bits per heavy atom. The third kappa shape index (κ3) is 2.33. The number of hydrogen-bond donors (Lipinski definition) is 0. The van der Waals surface area contributed by atoms with Gasteiger partial charge in [0.15, 0.2) is 0 Å². The van der Waals surface area contributed by atoms with Crippen LogP contribution in [-0.2, 0) is 6.54 Å². The number of para-hydroxylation sites is 2. The fraction of sp³-hybridized carbons (Fsp3) is 0.190. The van der Waals surface area contributed by atoms with Gasteiger partial charge >= 0.3 is 0 Å². The number of pyridine rings is 1. The van der Waals surface area contributed by atoms with Crippen LogP contribution in [0.4, 0.5) is 0 Å². The lowest BCUT2D eigenvalue weighted by Gasteiger charge is -2.12. The molecule has 2 heterocycles. The topological polar surface area (TPSA) is 35.6 Å². The van der Waals surface area contributed by atoms with Gasteiger partial charge in [0.2, 0.25) is 0 Å². The molecule has 0 saturated carbocycles. The van der Waals surface area contributed by atoms with E-state index in [4.69, 9.17) is 4.74 Å². The summed E-state index contributed by atoms with van der Waals surface area (Å²) in [6, 6.07) is 19.7. The maximum atomic E-state index is 13.4. The van der Waals surface area contributed by atoms with Crippen LogP contribution in [0.25, 0.3) is 27.8 Å². The average molecular weight is 332 g/mol. The highest BCUT2D eigenvalue weighted by Crippen LogP contribution is 2.30. The number of nitrogens with zero attached hydrogens (tertiary/aromatic N) is 2. The maximum absolute atomic E-state index is 13.4. The van der Waals surface area contributed by atoms with Gasteiger partial charge in [0, 0.05) is 12.6 Å². The van der Waals surface area contributed by atoms with Crippen LogP contribution in [0.15, 0.2) is 65.5 Å². The van der Waals surface area contributed by atoms with Gasteiger partial charge in [-0.25, -0.2) is 0 Å². The maximum Gasteiger partial charge on any atom is 0.268 e. The van der Waals surface area contributed by atoms with Gasteiger partial charge in [-0.15, -0.1) is 0 Å².